The van der Waals surface area contributed by atoms with Crippen molar-refractivity contribution in [1.29, 1.82) is 5.26 Å². The zero-order valence-corrected chi connectivity index (χ0v) is 24.2. The lowest BCUT2D eigenvalue weighted by Crippen LogP contribution is -2.45. The van der Waals surface area contributed by atoms with Crippen LogP contribution in [-0.4, -0.2) is 82.7 Å². The number of nitriles is 1. The first-order valence-corrected chi connectivity index (χ1v) is 13.3. The number of carboxylic acid groups (broad SMARTS) is 1. The zero-order valence-electron chi connectivity index (χ0n) is 22.6. The molecule has 0 atom stereocenters. The number of carbonyl (C=O) groups excluding carboxylic acids is 1. The molecule has 3 aromatic rings. The molecule has 41 heavy (non-hydrogen) atoms. The molecule has 3 heterocycles. The molecule has 220 valence electrons. The van der Waals surface area contributed by atoms with Gasteiger partial charge >= 0.3 is 18.1 Å². The van der Waals surface area contributed by atoms with Gasteiger partial charge < -0.3 is 14.4 Å². The summed E-state index contributed by atoms with van der Waals surface area (Å²) in [5.74, 6) is -2.25. The van der Waals surface area contributed by atoms with E-state index in [2.05, 4.69) is 54.2 Å². The van der Waals surface area contributed by atoms with Gasteiger partial charge in [-0.1, -0.05) is 32.0 Å². The number of alkyl halides is 3. The summed E-state index contributed by atoms with van der Waals surface area (Å²) in [6, 6.07) is 9.71. The monoisotopic (exact) mass is 639 g/mol. The van der Waals surface area contributed by atoms with Crippen LogP contribution < -0.4 is 10.4 Å². The molecule has 1 aromatic carbocycles. The van der Waals surface area contributed by atoms with Crippen molar-refractivity contribution < 1.29 is 32.3 Å². The van der Waals surface area contributed by atoms with Gasteiger partial charge in [-0.3, -0.25) is 20.1 Å². The van der Waals surface area contributed by atoms with Crippen molar-refractivity contribution in [1.82, 2.24) is 25.2 Å². The van der Waals surface area contributed by atoms with E-state index in [1.807, 2.05) is 32.0 Å². The Balaban J connectivity index is 0.000000587. The van der Waals surface area contributed by atoms with E-state index in [1.54, 1.807) is 11.1 Å². The van der Waals surface area contributed by atoms with Crippen molar-refractivity contribution in [2.75, 3.05) is 44.8 Å². The fourth-order valence-corrected chi connectivity index (χ4v) is 4.34. The lowest BCUT2D eigenvalue weighted by atomic mass is 10.1. The van der Waals surface area contributed by atoms with E-state index in [0.717, 1.165) is 49.3 Å². The molecular weight excluding hydrogens is 611 g/mol. The van der Waals surface area contributed by atoms with Crippen LogP contribution in [0.5, 0.6) is 0 Å². The van der Waals surface area contributed by atoms with E-state index in [1.165, 1.54) is 6.20 Å². The number of anilines is 1. The highest BCUT2D eigenvalue weighted by molar-refractivity contribution is 9.10. The van der Waals surface area contributed by atoms with Gasteiger partial charge in [0, 0.05) is 56.4 Å². The summed E-state index contributed by atoms with van der Waals surface area (Å²) in [6.45, 7) is 9.42. The largest absolute Gasteiger partial charge is 0.490 e. The summed E-state index contributed by atoms with van der Waals surface area (Å²) < 4.78 is 38.4. The summed E-state index contributed by atoms with van der Waals surface area (Å²) >= 11 is 3.43. The minimum atomic E-state index is -5.08. The molecule has 2 N–H and O–H groups in total. The van der Waals surface area contributed by atoms with Gasteiger partial charge in [0.15, 0.2) is 11.6 Å². The summed E-state index contributed by atoms with van der Waals surface area (Å²) in [6.07, 6.45) is -3.58. The van der Waals surface area contributed by atoms with Crippen molar-refractivity contribution in [2.45, 2.75) is 26.6 Å². The Morgan fingerprint density at radius 3 is 2.51 bits per heavy atom. The van der Waals surface area contributed by atoms with Gasteiger partial charge in [-0.2, -0.15) is 23.4 Å². The topological polar surface area (TPSA) is 139 Å². The molecule has 1 aliphatic rings. The number of furan rings is 1. The molecule has 0 bridgehead atoms. The molecule has 15 heteroatoms. The molecule has 11 nitrogen and oxygen atoms in total. The van der Waals surface area contributed by atoms with Gasteiger partial charge in [0.25, 0.3) is 0 Å². The predicted molar refractivity (Wildman–Crippen MR) is 147 cm³/mol. The first-order valence-electron chi connectivity index (χ1n) is 12.5. The Labute approximate surface area is 242 Å². The van der Waals surface area contributed by atoms with Crippen LogP contribution in [0.4, 0.5) is 19.0 Å². The van der Waals surface area contributed by atoms with E-state index < -0.39 is 12.1 Å². The van der Waals surface area contributed by atoms with Gasteiger partial charge in [-0.15, -0.1) is 0 Å². The van der Waals surface area contributed by atoms with Crippen LogP contribution in [0.1, 0.15) is 35.8 Å². The minimum absolute atomic E-state index is 0.0264. The standard InChI is InChI=1S/C24H28BrN7O2.C2HF3O2/c1-16(2)14-32(23-19(25)13-27-21(12-26)28-23)29-24(33)20-11-17-5-4-6-18(22(17)34-20)15-31-9-7-30(3)8-10-31;3-2(4,5)1(6)7/h4-6,11,13,16H,7-10,14-15H2,1-3H3,(H,29,33);(H,6,7). The Hall–Kier alpha value is -3.74. The molecule has 4 rings (SSSR count). The quantitative estimate of drug-likeness (QED) is 0.364. The van der Waals surface area contributed by atoms with E-state index in [-0.39, 0.29) is 23.4 Å². The van der Waals surface area contributed by atoms with E-state index in [4.69, 9.17) is 14.3 Å². The molecular formula is C26H29BrF3N7O4. The Morgan fingerprint density at radius 1 is 1.27 bits per heavy atom. The first-order chi connectivity index (χ1) is 19.3. The van der Waals surface area contributed by atoms with Crippen LogP contribution in [-0.2, 0) is 11.3 Å². The Kier molecular flexibility index (Phi) is 10.7. The van der Waals surface area contributed by atoms with Crippen molar-refractivity contribution in [3.05, 3.63) is 52.1 Å². The number of hydrogen-bond donors (Lipinski definition) is 2. The number of hydrazine groups is 1. The normalized spacial score (nSPS) is 14.3. The number of amides is 1. The molecule has 0 saturated carbocycles. The molecule has 1 saturated heterocycles. The van der Waals surface area contributed by atoms with Crippen LogP contribution in [0.25, 0.3) is 11.0 Å². The molecule has 0 spiro atoms. The number of rotatable bonds is 7. The molecule has 1 amide bonds. The zero-order chi connectivity index (χ0) is 30.3. The van der Waals surface area contributed by atoms with Crippen LogP contribution in [0.2, 0.25) is 0 Å². The van der Waals surface area contributed by atoms with Crippen LogP contribution in [0, 0.1) is 17.2 Å². The number of aliphatic carboxylic acids is 1. The number of halogens is 4. The smallest absolute Gasteiger partial charge is 0.475 e. The Morgan fingerprint density at radius 2 is 1.93 bits per heavy atom. The van der Waals surface area contributed by atoms with Gasteiger partial charge in [0.2, 0.25) is 5.82 Å². The van der Waals surface area contributed by atoms with E-state index in [9.17, 15) is 23.2 Å². The lowest BCUT2D eigenvalue weighted by molar-refractivity contribution is -0.192. The maximum absolute atomic E-state index is 13.2. The van der Waals surface area contributed by atoms with Gasteiger partial charge in [-0.25, -0.2) is 9.78 Å². The van der Waals surface area contributed by atoms with E-state index >= 15 is 0 Å². The van der Waals surface area contributed by atoms with Crippen LogP contribution >= 0.6 is 15.9 Å². The summed E-state index contributed by atoms with van der Waals surface area (Å²) in [5, 5.41) is 18.8. The molecule has 0 unspecified atom stereocenters. The number of nitrogens with zero attached hydrogens (tertiary/aromatic N) is 6. The second-order valence-electron chi connectivity index (χ2n) is 9.75. The van der Waals surface area contributed by atoms with Crippen molar-refractivity contribution in [3.63, 3.8) is 0 Å². The number of fused-ring (bicyclic) bond motifs is 1. The molecule has 2 aromatic heterocycles. The van der Waals surface area contributed by atoms with Crippen molar-refractivity contribution in [2.24, 2.45) is 5.92 Å². The third kappa shape index (κ3) is 8.87. The van der Waals surface area contributed by atoms with Gasteiger partial charge in [-0.05, 0) is 35.0 Å². The fourth-order valence-electron chi connectivity index (χ4n) is 3.94. The highest BCUT2D eigenvalue weighted by Gasteiger charge is 2.38. The number of hydrogen-bond acceptors (Lipinski definition) is 9. The number of aromatic nitrogens is 2. The average molecular weight is 640 g/mol. The first kappa shape index (κ1) is 31.8. The molecule has 1 fully saturated rings. The third-order valence-electron chi connectivity index (χ3n) is 5.95. The highest BCUT2D eigenvalue weighted by atomic mass is 79.9. The summed E-state index contributed by atoms with van der Waals surface area (Å²) in [5.41, 5.74) is 4.70. The maximum Gasteiger partial charge on any atom is 0.490 e. The number of nitrogens with one attached hydrogen (secondary N) is 1. The highest BCUT2D eigenvalue weighted by Crippen LogP contribution is 2.26. The number of carboxylic acids is 1. The fraction of sp³-hybridized carbons (Fsp3) is 0.423. The second kappa shape index (κ2) is 13.7. The van der Waals surface area contributed by atoms with Crippen LogP contribution in [0.3, 0.4) is 0 Å². The molecule has 1 aliphatic heterocycles. The van der Waals surface area contributed by atoms with Crippen LogP contribution in [0.15, 0.2) is 39.4 Å². The number of carbonyl (C=O) groups is 2. The number of piperazine rings is 1. The van der Waals surface area contributed by atoms with Gasteiger partial charge in [0.05, 0.1) is 4.47 Å². The number of benzene rings is 1. The maximum atomic E-state index is 13.2. The lowest BCUT2D eigenvalue weighted by Gasteiger charge is -2.32. The second-order valence-corrected chi connectivity index (χ2v) is 10.6. The SMILES string of the molecule is CC(C)CN(NC(=O)c1cc2cccc(CN3CCN(C)CC3)c2o1)c1nc(C#N)ncc1Br.O=C(O)C(F)(F)F. The van der Waals surface area contributed by atoms with E-state index in [0.29, 0.717) is 16.8 Å². The van der Waals surface area contributed by atoms with Crippen molar-refractivity contribution >= 4 is 44.6 Å². The summed E-state index contributed by atoms with van der Waals surface area (Å²) in [4.78, 5) is 35.1. The predicted octanol–water partition coefficient (Wildman–Crippen LogP) is 4.05. The minimum Gasteiger partial charge on any atom is -0.475 e. The molecule has 0 aliphatic carbocycles. The average Bonchev–Trinajstić information content (AvgIpc) is 3.35. The number of likely N-dealkylation sites (N-methyl/N-ethyl adjacent to an activating group) is 1. The number of para-hydroxylation sites is 1. The third-order valence-corrected chi connectivity index (χ3v) is 6.51. The van der Waals surface area contributed by atoms with Crippen molar-refractivity contribution in [3.8, 4) is 6.07 Å². The Bertz CT molecular complexity index is 1420. The summed E-state index contributed by atoms with van der Waals surface area (Å²) in [7, 11) is 2.14. The molecule has 0 radical (unpaired) electrons. The van der Waals surface area contributed by atoms with Gasteiger partial charge in [0.1, 0.15) is 11.7 Å².